The Morgan fingerprint density at radius 1 is 1.05 bits per heavy atom. The highest BCUT2D eigenvalue weighted by atomic mass is 35.5. The molecule has 2 amide bonds. The molecule has 4 aliphatic rings. The van der Waals surface area contributed by atoms with Gasteiger partial charge < -0.3 is 20.5 Å². The average molecular weight is 573 g/mol. The van der Waals surface area contributed by atoms with E-state index in [9.17, 15) is 36.3 Å². The van der Waals surface area contributed by atoms with Crippen molar-refractivity contribution >= 4 is 38.9 Å². The lowest BCUT2D eigenvalue weighted by molar-refractivity contribution is -0.184. The zero-order valence-corrected chi connectivity index (χ0v) is 21.4. The van der Waals surface area contributed by atoms with Crippen LogP contribution in [0.2, 0.25) is 5.02 Å². The Bertz CT molecular complexity index is 1380. The summed E-state index contributed by atoms with van der Waals surface area (Å²) in [5.74, 6) is -6.65. The summed E-state index contributed by atoms with van der Waals surface area (Å²) < 4.78 is 72.3. The summed E-state index contributed by atoms with van der Waals surface area (Å²) in [6, 6.07) is 4.66. The van der Waals surface area contributed by atoms with E-state index in [0.29, 0.717) is 31.8 Å². The van der Waals surface area contributed by atoms with Gasteiger partial charge in [-0.15, -0.1) is 0 Å². The molecule has 3 aliphatic carbocycles. The van der Waals surface area contributed by atoms with Gasteiger partial charge in [0.2, 0.25) is 5.91 Å². The fraction of sp³-hybridized carbons (Fsp3) is 0.440. The molecule has 2 aromatic carbocycles. The lowest BCUT2D eigenvalue weighted by atomic mass is 9.52. The number of fused-ring (bicyclic) bond motifs is 2. The Balaban J connectivity index is 1.30. The van der Waals surface area contributed by atoms with Crippen molar-refractivity contribution in [3.8, 4) is 0 Å². The third-order valence-corrected chi connectivity index (χ3v) is 10.4. The molecule has 3 saturated carbocycles. The number of nitrogens with one attached hydrogen (secondary N) is 2. The number of carbonyl (C=O) groups is 2. The molecule has 2 atom stereocenters. The third-order valence-electron chi connectivity index (χ3n) is 7.71. The first-order valence-corrected chi connectivity index (χ1v) is 13.9. The van der Waals surface area contributed by atoms with Crippen LogP contribution in [0.5, 0.6) is 0 Å². The monoisotopic (exact) mass is 572 g/mol. The first-order chi connectivity index (χ1) is 17.9. The van der Waals surface area contributed by atoms with E-state index in [4.69, 9.17) is 16.3 Å². The van der Waals surface area contributed by atoms with Crippen LogP contribution in [0.4, 0.5) is 18.9 Å². The maximum Gasteiger partial charge on any atom is 0.255 e. The molecule has 2 bridgehead atoms. The molecular formula is C25H24ClF3N2O6S. The number of amides is 2. The molecule has 38 heavy (non-hydrogen) atoms. The van der Waals surface area contributed by atoms with Gasteiger partial charge in [-0.1, -0.05) is 11.6 Å². The number of aliphatic hydroxyl groups is 1. The molecule has 8 nitrogen and oxygen atoms in total. The highest BCUT2D eigenvalue weighted by molar-refractivity contribution is 7.92. The van der Waals surface area contributed by atoms with Crippen LogP contribution in [-0.4, -0.2) is 55.4 Å². The van der Waals surface area contributed by atoms with Gasteiger partial charge in [0.05, 0.1) is 46.4 Å². The zero-order chi connectivity index (χ0) is 27.4. The molecule has 1 heterocycles. The molecule has 2 unspecified atom stereocenters. The number of rotatable bonds is 7. The number of anilines is 1. The van der Waals surface area contributed by atoms with Gasteiger partial charge in [-0.25, -0.2) is 21.6 Å². The van der Waals surface area contributed by atoms with Crippen molar-refractivity contribution in [2.75, 3.05) is 18.5 Å². The first-order valence-electron chi connectivity index (χ1n) is 12.0. The summed E-state index contributed by atoms with van der Waals surface area (Å²) >= 11 is 6.20. The summed E-state index contributed by atoms with van der Waals surface area (Å²) in [5.41, 5.74) is -1.79. The number of benzene rings is 2. The molecule has 2 aromatic rings. The van der Waals surface area contributed by atoms with Crippen LogP contribution in [0, 0.1) is 29.3 Å². The van der Waals surface area contributed by atoms with Gasteiger partial charge in [0.1, 0.15) is 0 Å². The van der Waals surface area contributed by atoms with E-state index in [1.807, 2.05) is 0 Å². The van der Waals surface area contributed by atoms with Gasteiger partial charge in [-0.05, 0) is 49.3 Å². The van der Waals surface area contributed by atoms with Gasteiger partial charge in [0.15, 0.2) is 27.3 Å². The SMILES string of the molecule is O=C(CC1(O)C2CC1CC(S(=O)(=O)c1cc(C(=O)Nc3cc(F)c(F)c(F)c3)ccc1Cl)C2)NC1COC1. The Morgan fingerprint density at radius 3 is 2.26 bits per heavy atom. The maximum absolute atomic E-state index is 13.5. The van der Waals surface area contributed by atoms with Gasteiger partial charge in [0.25, 0.3) is 5.91 Å². The molecule has 4 fully saturated rings. The minimum atomic E-state index is -4.05. The number of sulfone groups is 1. The van der Waals surface area contributed by atoms with Crippen LogP contribution in [0.15, 0.2) is 35.2 Å². The van der Waals surface area contributed by atoms with Crippen molar-refractivity contribution in [1.29, 1.82) is 0 Å². The summed E-state index contributed by atoms with van der Waals surface area (Å²) in [6.07, 6.45) is 0.724. The van der Waals surface area contributed by atoms with E-state index in [1.165, 1.54) is 12.1 Å². The van der Waals surface area contributed by atoms with Crippen LogP contribution in [-0.2, 0) is 19.4 Å². The second kappa shape index (κ2) is 9.82. The Labute approximate surface area is 221 Å². The van der Waals surface area contributed by atoms with Crippen molar-refractivity contribution < 1.29 is 41.0 Å². The fourth-order valence-electron chi connectivity index (χ4n) is 5.53. The highest BCUT2D eigenvalue weighted by Gasteiger charge is 2.60. The minimum absolute atomic E-state index is 0.0770. The predicted octanol–water partition coefficient (Wildman–Crippen LogP) is 3.22. The predicted molar refractivity (Wildman–Crippen MR) is 130 cm³/mol. The maximum atomic E-state index is 13.5. The second-order valence-corrected chi connectivity index (χ2v) is 12.7. The van der Waals surface area contributed by atoms with Crippen LogP contribution in [0.1, 0.15) is 36.0 Å². The van der Waals surface area contributed by atoms with Crippen molar-refractivity contribution in [1.82, 2.24) is 5.32 Å². The molecule has 204 valence electrons. The largest absolute Gasteiger partial charge is 0.389 e. The Morgan fingerprint density at radius 2 is 1.68 bits per heavy atom. The smallest absolute Gasteiger partial charge is 0.255 e. The summed E-state index contributed by atoms with van der Waals surface area (Å²) in [4.78, 5) is 24.7. The van der Waals surface area contributed by atoms with E-state index in [-0.39, 0.29) is 52.4 Å². The van der Waals surface area contributed by atoms with Gasteiger partial charge >= 0.3 is 0 Å². The zero-order valence-electron chi connectivity index (χ0n) is 19.8. The molecule has 1 saturated heterocycles. The molecule has 0 radical (unpaired) electrons. The lowest BCUT2D eigenvalue weighted by Crippen LogP contribution is -2.64. The fourth-order valence-corrected chi connectivity index (χ4v) is 7.93. The van der Waals surface area contributed by atoms with E-state index < -0.39 is 55.9 Å². The quantitative estimate of drug-likeness (QED) is 0.438. The van der Waals surface area contributed by atoms with E-state index in [1.54, 1.807) is 0 Å². The number of halogens is 4. The average Bonchev–Trinajstić information content (AvgIpc) is 2.84. The van der Waals surface area contributed by atoms with E-state index >= 15 is 0 Å². The minimum Gasteiger partial charge on any atom is -0.389 e. The standard InChI is InChI=1S/C25H24ClF3N2O6S/c26-18-2-1-12(24(33)31-15-7-19(27)23(29)20(28)8-15)3-21(18)38(35,36)17-5-13-4-14(6-17)25(13,34)9-22(32)30-16-10-37-11-16/h1-3,7-8,13-14,16-17,34H,4-6,9-11H2,(H,30,32)(H,31,33). The highest BCUT2D eigenvalue weighted by Crippen LogP contribution is 2.57. The van der Waals surface area contributed by atoms with Gasteiger partial charge in [0, 0.05) is 23.4 Å². The van der Waals surface area contributed by atoms with Crippen LogP contribution < -0.4 is 10.6 Å². The summed E-state index contributed by atoms with van der Waals surface area (Å²) in [5, 5.41) is 15.1. The Kier molecular flexibility index (Phi) is 6.95. The van der Waals surface area contributed by atoms with Crippen molar-refractivity contribution in [2.45, 2.75) is 47.5 Å². The molecule has 13 heteroatoms. The van der Waals surface area contributed by atoms with Crippen LogP contribution >= 0.6 is 11.6 Å². The number of ether oxygens (including phenoxy) is 1. The van der Waals surface area contributed by atoms with E-state index in [2.05, 4.69) is 10.6 Å². The van der Waals surface area contributed by atoms with Gasteiger partial charge in [-0.2, -0.15) is 0 Å². The lowest BCUT2D eigenvalue weighted by Gasteiger charge is -2.58. The molecule has 6 rings (SSSR count). The molecule has 0 spiro atoms. The summed E-state index contributed by atoms with van der Waals surface area (Å²) in [6.45, 7) is 0.847. The molecule has 0 aromatic heterocycles. The number of carbonyl (C=O) groups excluding carboxylic acids is 2. The normalized spacial score (nSPS) is 26.7. The van der Waals surface area contributed by atoms with Crippen molar-refractivity contribution in [2.24, 2.45) is 11.8 Å². The number of hydrogen-bond donors (Lipinski definition) is 3. The Hall–Kier alpha value is -2.67. The van der Waals surface area contributed by atoms with Crippen molar-refractivity contribution in [3.63, 3.8) is 0 Å². The molecule has 1 aliphatic heterocycles. The van der Waals surface area contributed by atoms with E-state index in [0.717, 1.165) is 6.07 Å². The third kappa shape index (κ3) is 4.78. The van der Waals surface area contributed by atoms with Gasteiger partial charge in [-0.3, -0.25) is 9.59 Å². The second-order valence-electron chi connectivity index (χ2n) is 10.1. The first kappa shape index (κ1) is 26.9. The van der Waals surface area contributed by atoms with Crippen molar-refractivity contribution in [3.05, 3.63) is 58.4 Å². The molecule has 3 N–H and O–H groups in total. The molecular weight excluding hydrogens is 549 g/mol. The van der Waals surface area contributed by atoms with Crippen LogP contribution in [0.3, 0.4) is 0 Å². The number of hydrogen-bond acceptors (Lipinski definition) is 6. The van der Waals surface area contributed by atoms with Crippen LogP contribution in [0.25, 0.3) is 0 Å². The summed E-state index contributed by atoms with van der Waals surface area (Å²) in [7, 11) is -4.05. The topological polar surface area (TPSA) is 122 Å².